The van der Waals surface area contributed by atoms with Gasteiger partial charge in [-0.25, -0.2) is 19.2 Å². The minimum atomic E-state index is -1.55. The van der Waals surface area contributed by atoms with E-state index in [0.717, 1.165) is 0 Å². The van der Waals surface area contributed by atoms with Gasteiger partial charge in [0.15, 0.2) is 0 Å². The third-order valence-electron chi connectivity index (χ3n) is 3.39. The molecule has 0 atom stereocenters. The smallest absolute Gasteiger partial charge is 0.338 e. The molecule has 2 rings (SSSR count). The number of carbonyl (C=O) groups is 4. The number of benzene rings is 2. The molecule has 0 fully saturated rings. The fraction of sp³-hybridized carbons (Fsp3) is 0. The first kappa shape index (κ1) is 32.3. The van der Waals surface area contributed by atoms with Crippen LogP contribution >= 0.6 is 92.8 Å². The van der Waals surface area contributed by atoms with E-state index in [1.54, 1.807) is 0 Å². The zero-order valence-electron chi connectivity index (χ0n) is 14.8. The van der Waals surface area contributed by atoms with Gasteiger partial charge in [0, 0.05) is 21.1 Å². The van der Waals surface area contributed by atoms with Crippen molar-refractivity contribution in [3.05, 3.63) is 62.4 Å². The molecule has 0 heterocycles. The van der Waals surface area contributed by atoms with Gasteiger partial charge < -0.3 is 20.4 Å². The molecule has 0 aliphatic carbocycles. The van der Waals surface area contributed by atoms with Crippen LogP contribution in [0.5, 0.6) is 0 Å². The van der Waals surface area contributed by atoms with Gasteiger partial charge in [-0.15, -0.1) is 0 Å². The van der Waals surface area contributed by atoms with E-state index in [1.807, 2.05) is 0 Å². The first-order valence-corrected chi connectivity index (χ1v) is 10.2. The molecule has 17 heteroatoms. The molecule has 0 saturated carbocycles. The van der Waals surface area contributed by atoms with Crippen molar-refractivity contribution in [3.8, 4) is 0 Å². The maximum atomic E-state index is 10.9. The van der Waals surface area contributed by atoms with Gasteiger partial charge in [-0.1, -0.05) is 92.8 Å². The second-order valence-corrected chi connectivity index (χ2v) is 8.26. The quantitative estimate of drug-likeness (QED) is 0.185. The van der Waals surface area contributed by atoms with Crippen LogP contribution in [0.2, 0.25) is 40.2 Å². The SMILES string of the molecule is O=C(O)c1c(Cl)c(Cl)c(Cl)c(Cl)c1C(=O)O.O=C(O)c1c(Cl)c(Cl)c(Cl)c(Cl)c1C(=O)O.[Pt]. The van der Waals surface area contributed by atoms with Crippen LogP contribution in [-0.4, -0.2) is 44.3 Å². The molecule has 0 spiro atoms. The van der Waals surface area contributed by atoms with E-state index in [2.05, 4.69) is 0 Å². The summed E-state index contributed by atoms with van der Waals surface area (Å²) in [6, 6.07) is 0. The summed E-state index contributed by atoms with van der Waals surface area (Å²) in [6.45, 7) is 0. The molecule has 182 valence electrons. The van der Waals surface area contributed by atoms with Crippen molar-refractivity contribution in [2.75, 3.05) is 0 Å². The number of aromatic carboxylic acids is 4. The zero-order chi connectivity index (χ0) is 25.2. The van der Waals surface area contributed by atoms with Crippen LogP contribution in [-0.2, 0) is 21.1 Å². The van der Waals surface area contributed by atoms with Crippen LogP contribution in [0.15, 0.2) is 0 Å². The van der Waals surface area contributed by atoms with Crippen LogP contribution in [0.4, 0.5) is 0 Å². The van der Waals surface area contributed by atoms with E-state index in [-0.39, 0.29) is 41.2 Å². The predicted molar refractivity (Wildman–Crippen MR) is 121 cm³/mol. The van der Waals surface area contributed by atoms with E-state index in [4.69, 9.17) is 113 Å². The molecular weight excluding hydrogens is 799 g/mol. The van der Waals surface area contributed by atoms with Crippen molar-refractivity contribution >= 4 is 117 Å². The van der Waals surface area contributed by atoms with Gasteiger partial charge in [-0.3, -0.25) is 0 Å². The summed E-state index contributed by atoms with van der Waals surface area (Å²) in [5.74, 6) is -6.21. The van der Waals surface area contributed by atoms with Crippen molar-refractivity contribution in [2.45, 2.75) is 0 Å². The average molecular weight is 803 g/mol. The van der Waals surface area contributed by atoms with E-state index >= 15 is 0 Å². The van der Waals surface area contributed by atoms with E-state index < -0.39 is 66.2 Å². The fourth-order valence-electron chi connectivity index (χ4n) is 2.07. The molecule has 0 amide bonds. The number of rotatable bonds is 4. The second-order valence-electron chi connectivity index (χ2n) is 5.23. The van der Waals surface area contributed by atoms with Crippen LogP contribution in [0.25, 0.3) is 0 Å². The van der Waals surface area contributed by atoms with Crippen molar-refractivity contribution in [2.24, 2.45) is 0 Å². The van der Waals surface area contributed by atoms with Crippen molar-refractivity contribution in [3.63, 3.8) is 0 Å². The summed E-state index contributed by atoms with van der Waals surface area (Å²) in [7, 11) is 0. The molecule has 8 nitrogen and oxygen atoms in total. The predicted octanol–water partition coefficient (Wildman–Crippen LogP) is 7.39. The maximum Gasteiger partial charge on any atom is 0.338 e. The third kappa shape index (κ3) is 6.72. The summed E-state index contributed by atoms with van der Waals surface area (Å²) in [6.07, 6.45) is 0. The maximum absolute atomic E-state index is 10.9. The molecule has 0 aliphatic rings. The molecule has 0 unspecified atom stereocenters. The van der Waals surface area contributed by atoms with Gasteiger partial charge in [0.05, 0.1) is 62.4 Å². The third-order valence-corrected chi connectivity index (χ3v) is 6.99. The number of carboxylic acids is 4. The van der Waals surface area contributed by atoms with Crippen LogP contribution in [0.1, 0.15) is 41.4 Å². The van der Waals surface area contributed by atoms with Crippen LogP contribution < -0.4 is 0 Å². The molecule has 0 aliphatic heterocycles. The van der Waals surface area contributed by atoms with Crippen molar-refractivity contribution in [1.29, 1.82) is 0 Å². The Kier molecular flexibility index (Phi) is 12.6. The minimum Gasteiger partial charge on any atom is -0.478 e. The Labute approximate surface area is 238 Å². The van der Waals surface area contributed by atoms with E-state index in [9.17, 15) is 19.2 Å². The molecule has 4 N–H and O–H groups in total. The average Bonchev–Trinajstić information content (AvgIpc) is 2.69. The summed E-state index contributed by atoms with van der Waals surface area (Å²) >= 11 is 44.8. The number of halogens is 8. The zero-order valence-corrected chi connectivity index (χ0v) is 23.1. The second kappa shape index (κ2) is 12.9. The Morgan fingerprint density at radius 1 is 0.364 bits per heavy atom. The minimum absolute atomic E-state index is 0. The molecule has 2 aromatic carbocycles. The Morgan fingerprint density at radius 3 is 0.576 bits per heavy atom. The van der Waals surface area contributed by atoms with Gasteiger partial charge in [0.1, 0.15) is 0 Å². The van der Waals surface area contributed by atoms with Crippen molar-refractivity contribution < 1.29 is 60.7 Å². The fourth-order valence-corrected chi connectivity index (χ4v) is 4.10. The normalized spacial score (nSPS) is 9.94. The van der Waals surface area contributed by atoms with E-state index in [1.165, 1.54) is 0 Å². The van der Waals surface area contributed by atoms with Gasteiger partial charge in [0.2, 0.25) is 0 Å². The molecule has 2 aromatic rings. The van der Waals surface area contributed by atoms with Gasteiger partial charge in [-0.05, 0) is 0 Å². The van der Waals surface area contributed by atoms with Gasteiger partial charge >= 0.3 is 23.9 Å². The van der Waals surface area contributed by atoms with Gasteiger partial charge in [-0.2, -0.15) is 0 Å². The number of hydrogen-bond donors (Lipinski definition) is 4. The van der Waals surface area contributed by atoms with Gasteiger partial charge in [0.25, 0.3) is 0 Å². The standard InChI is InChI=1S/2C8H2Cl4O4.Pt/c2*9-3-1(7(13)14)2(8(15)16)4(10)6(12)5(3)11;/h2*(H,13,14)(H,15,16);. The van der Waals surface area contributed by atoms with E-state index in [0.29, 0.717) is 0 Å². The largest absolute Gasteiger partial charge is 0.478 e. The molecule has 0 bridgehead atoms. The van der Waals surface area contributed by atoms with Crippen LogP contribution in [0.3, 0.4) is 0 Å². The van der Waals surface area contributed by atoms with Crippen LogP contribution in [0, 0.1) is 0 Å². The molecular formula is C16H4Cl8O8Pt. The summed E-state index contributed by atoms with van der Waals surface area (Å²) in [4.78, 5) is 43.4. The molecule has 0 aromatic heterocycles. The topological polar surface area (TPSA) is 149 Å². The Bertz CT molecular complexity index is 1000. The monoisotopic (exact) mass is 799 g/mol. The molecule has 33 heavy (non-hydrogen) atoms. The summed E-state index contributed by atoms with van der Waals surface area (Å²) in [5.41, 5.74) is -2.75. The Hall–Kier alpha value is -0.672. The summed E-state index contributed by atoms with van der Waals surface area (Å²) < 4.78 is 0. The molecule has 0 radical (unpaired) electrons. The first-order valence-electron chi connectivity index (χ1n) is 7.22. The Balaban J connectivity index is 0.000000602. The number of hydrogen-bond acceptors (Lipinski definition) is 4. The first-order chi connectivity index (χ1) is 14.6. The number of carboxylic acid groups (broad SMARTS) is 4. The molecule has 0 saturated heterocycles. The summed E-state index contributed by atoms with van der Waals surface area (Å²) in [5, 5.41) is 32.3. The van der Waals surface area contributed by atoms with Crippen molar-refractivity contribution in [1.82, 2.24) is 0 Å². The Morgan fingerprint density at radius 2 is 0.485 bits per heavy atom.